The lowest BCUT2D eigenvalue weighted by atomic mass is 10.0. The van der Waals surface area contributed by atoms with Crippen molar-refractivity contribution in [1.82, 2.24) is 0 Å². The van der Waals surface area contributed by atoms with Crippen LogP contribution in [-0.4, -0.2) is 10.2 Å². The Balaban J connectivity index is 1.90. The number of phenolic OH excluding ortho intramolecular Hbond substituents is 2. The van der Waals surface area contributed by atoms with Crippen molar-refractivity contribution in [2.45, 2.75) is 0 Å². The highest BCUT2D eigenvalue weighted by Crippen LogP contribution is 2.56. The van der Waals surface area contributed by atoms with Gasteiger partial charge < -0.3 is 14.7 Å². The number of aromatic hydroxyl groups is 2. The number of para-hydroxylation sites is 1. The van der Waals surface area contributed by atoms with Crippen molar-refractivity contribution >= 4 is 28.8 Å². The summed E-state index contributed by atoms with van der Waals surface area (Å²) in [5, 5.41) is 22.6. The number of hydrogen-bond acceptors (Lipinski definition) is 4. The van der Waals surface area contributed by atoms with Crippen molar-refractivity contribution in [1.29, 1.82) is 0 Å². The van der Waals surface area contributed by atoms with Crippen molar-refractivity contribution in [2.75, 3.05) is 0 Å². The van der Waals surface area contributed by atoms with Crippen LogP contribution in [0.4, 0.5) is 0 Å². The van der Waals surface area contributed by atoms with Gasteiger partial charge in [-0.25, -0.2) is 0 Å². The fraction of sp³-hybridized carbons (Fsp3) is 0. The zero-order chi connectivity index (χ0) is 18.6. The maximum absolute atomic E-state index is 14.3. The van der Waals surface area contributed by atoms with Gasteiger partial charge in [-0.2, -0.15) is 0 Å². The first-order valence-electron chi connectivity index (χ1n) is 8.52. The van der Waals surface area contributed by atoms with Gasteiger partial charge in [0, 0.05) is 16.3 Å². The molecule has 132 valence electrons. The van der Waals surface area contributed by atoms with E-state index in [1.807, 2.05) is 36.4 Å². The number of fused-ring (bicyclic) bond motifs is 4. The van der Waals surface area contributed by atoms with Crippen LogP contribution in [0, 0.1) is 0 Å². The zero-order valence-corrected chi connectivity index (χ0v) is 15.1. The molecule has 0 aromatic heterocycles. The summed E-state index contributed by atoms with van der Waals surface area (Å²) in [5.41, 5.74) is 1.68. The summed E-state index contributed by atoms with van der Waals surface area (Å²) in [7, 11) is -3.65. The molecular formula is C22H15O4P. The molecule has 4 aromatic carbocycles. The minimum absolute atomic E-state index is 0.0612. The van der Waals surface area contributed by atoms with Gasteiger partial charge in [0.15, 0.2) is 0 Å². The minimum atomic E-state index is -3.65. The minimum Gasteiger partial charge on any atom is -0.507 e. The summed E-state index contributed by atoms with van der Waals surface area (Å²) < 4.78 is 20.4. The fourth-order valence-electron chi connectivity index (χ4n) is 3.70. The van der Waals surface area contributed by atoms with Gasteiger partial charge in [-0.3, -0.25) is 4.57 Å². The number of rotatable bonds is 1. The lowest BCUT2D eigenvalue weighted by Gasteiger charge is -2.29. The highest BCUT2D eigenvalue weighted by molar-refractivity contribution is 7.75. The van der Waals surface area contributed by atoms with E-state index >= 15 is 0 Å². The predicted molar refractivity (Wildman–Crippen MR) is 107 cm³/mol. The van der Waals surface area contributed by atoms with E-state index < -0.39 is 7.37 Å². The Kier molecular flexibility index (Phi) is 3.33. The second-order valence-electron chi connectivity index (χ2n) is 6.46. The Morgan fingerprint density at radius 2 is 1.41 bits per heavy atom. The van der Waals surface area contributed by atoms with Gasteiger partial charge in [0.1, 0.15) is 22.6 Å². The van der Waals surface area contributed by atoms with Crippen molar-refractivity contribution in [3.63, 3.8) is 0 Å². The second-order valence-corrected chi connectivity index (χ2v) is 8.68. The molecule has 1 aliphatic rings. The summed E-state index contributed by atoms with van der Waals surface area (Å²) in [4.78, 5) is 0. The third kappa shape index (κ3) is 2.20. The van der Waals surface area contributed by atoms with Gasteiger partial charge >= 0.3 is 7.37 Å². The van der Waals surface area contributed by atoms with Crippen LogP contribution in [-0.2, 0) is 4.57 Å². The van der Waals surface area contributed by atoms with E-state index in [4.69, 9.17) is 4.52 Å². The van der Waals surface area contributed by atoms with Gasteiger partial charge in [-0.15, -0.1) is 0 Å². The predicted octanol–water partition coefficient (Wildman–Crippen LogP) is 4.54. The summed E-state index contributed by atoms with van der Waals surface area (Å²) in [5.74, 6) is 0.452. The van der Waals surface area contributed by atoms with Gasteiger partial charge in [-0.05, 0) is 35.9 Å². The third-order valence-electron chi connectivity index (χ3n) is 4.91. The van der Waals surface area contributed by atoms with E-state index in [9.17, 15) is 14.8 Å². The number of benzene rings is 4. The van der Waals surface area contributed by atoms with Crippen LogP contribution in [0.15, 0.2) is 78.9 Å². The van der Waals surface area contributed by atoms with E-state index in [0.717, 1.165) is 11.1 Å². The molecule has 4 aromatic rings. The molecule has 1 atom stereocenters. The third-order valence-corrected chi connectivity index (χ3v) is 7.45. The first-order valence-corrected chi connectivity index (χ1v) is 10.1. The molecule has 1 unspecified atom stereocenters. The normalized spacial score (nSPS) is 17.8. The molecule has 0 bridgehead atoms. The number of hydrogen-bond donors (Lipinski definition) is 2. The lowest BCUT2D eigenvalue weighted by Crippen LogP contribution is -2.26. The van der Waals surface area contributed by atoms with Crippen LogP contribution < -0.4 is 15.1 Å². The second kappa shape index (κ2) is 5.63. The first kappa shape index (κ1) is 16.0. The van der Waals surface area contributed by atoms with Crippen molar-refractivity contribution < 1.29 is 19.3 Å². The van der Waals surface area contributed by atoms with E-state index in [1.54, 1.807) is 36.4 Å². The van der Waals surface area contributed by atoms with Crippen LogP contribution in [0.2, 0.25) is 0 Å². The molecule has 0 aliphatic carbocycles. The standard InChI is InChI=1S/C22H15O4P/c23-18-9-5-8-17-14(18)12-13-19(24)22(17)27(25)21-11-4-2-7-16(21)15-6-1-3-10-20(15)26-27/h1-13,23-24H. The Hall–Kier alpha value is -3.23. The summed E-state index contributed by atoms with van der Waals surface area (Å²) >= 11 is 0. The van der Waals surface area contributed by atoms with Crippen LogP contribution in [0.5, 0.6) is 17.2 Å². The summed E-state index contributed by atoms with van der Waals surface area (Å²) in [6.07, 6.45) is 0. The highest BCUT2D eigenvalue weighted by atomic mass is 31.2. The Morgan fingerprint density at radius 3 is 2.26 bits per heavy atom. The molecule has 5 rings (SSSR count). The van der Waals surface area contributed by atoms with E-state index in [0.29, 0.717) is 21.8 Å². The molecule has 0 amide bonds. The van der Waals surface area contributed by atoms with Gasteiger partial charge in [-0.1, -0.05) is 48.5 Å². The molecule has 1 heterocycles. The summed E-state index contributed by atoms with van der Waals surface area (Å²) in [6, 6.07) is 22.8. The molecule has 0 fully saturated rings. The fourth-order valence-corrected chi connectivity index (χ4v) is 6.25. The molecule has 0 spiro atoms. The van der Waals surface area contributed by atoms with E-state index in [-0.39, 0.29) is 16.8 Å². The Labute approximate surface area is 155 Å². The molecular weight excluding hydrogens is 359 g/mol. The Morgan fingerprint density at radius 1 is 0.667 bits per heavy atom. The average Bonchev–Trinajstić information content (AvgIpc) is 2.68. The van der Waals surface area contributed by atoms with Crippen LogP contribution in [0.25, 0.3) is 21.9 Å². The van der Waals surface area contributed by atoms with Crippen molar-refractivity contribution in [2.24, 2.45) is 0 Å². The van der Waals surface area contributed by atoms with Gasteiger partial charge in [0.25, 0.3) is 0 Å². The number of phenols is 2. The van der Waals surface area contributed by atoms with E-state index in [2.05, 4.69) is 0 Å². The molecule has 1 aliphatic heterocycles. The first-order chi connectivity index (χ1) is 13.1. The average molecular weight is 374 g/mol. The molecule has 0 saturated carbocycles. The van der Waals surface area contributed by atoms with Gasteiger partial charge in [0.2, 0.25) is 0 Å². The van der Waals surface area contributed by atoms with Gasteiger partial charge in [0.05, 0.1) is 5.30 Å². The lowest BCUT2D eigenvalue weighted by molar-refractivity contribution is 0.473. The summed E-state index contributed by atoms with van der Waals surface area (Å²) in [6.45, 7) is 0. The topological polar surface area (TPSA) is 66.8 Å². The van der Waals surface area contributed by atoms with Crippen LogP contribution in [0.1, 0.15) is 0 Å². The highest BCUT2D eigenvalue weighted by Gasteiger charge is 2.40. The maximum atomic E-state index is 14.3. The maximum Gasteiger partial charge on any atom is 0.311 e. The quantitative estimate of drug-likeness (QED) is 0.480. The molecule has 5 heteroatoms. The Bertz CT molecular complexity index is 1260. The van der Waals surface area contributed by atoms with E-state index in [1.165, 1.54) is 6.07 Å². The van der Waals surface area contributed by atoms with Crippen LogP contribution in [0.3, 0.4) is 0 Å². The SMILES string of the molecule is O=P1(c2c(O)ccc3c(O)cccc23)Oc2ccccc2-c2ccccc21. The van der Waals surface area contributed by atoms with Crippen molar-refractivity contribution in [3.05, 3.63) is 78.9 Å². The molecule has 2 N–H and O–H groups in total. The van der Waals surface area contributed by atoms with Crippen LogP contribution >= 0.6 is 7.37 Å². The zero-order valence-electron chi connectivity index (χ0n) is 14.2. The smallest absolute Gasteiger partial charge is 0.311 e. The molecule has 0 saturated heterocycles. The van der Waals surface area contributed by atoms with Crippen molar-refractivity contribution in [3.8, 4) is 28.4 Å². The monoisotopic (exact) mass is 374 g/mol. The largest absolute Gasteiger partial charge is 0.507 e. The molecule has 27 heavy (non-hydrogen) atoms. The molecule has 4 nitrogen and oxygen atoms in total. The molecule has 0 radical (unpaired) electrons.